The second kappa shape index (κ2) is 7.46. The molecule has 0 fully saturated rings. The van der Waals surface area contributed by atoms with E-state index in [0.29, 0.717) is 6.54 Å². The Morgan fingerprint density at radius 3 is 2.81 bits per heavy atom. The third-order valence-electron chi connectivity index (χ3n) is 4.31. The van der Waals surface area contributed by atoms with Gasteiger partial charge in [-0.15, -0.1) is 0 Å². The van der Waals surface area contributed by atoms with Crippen molar-refractivity contribution in [3.63, 3.8) is 0 Å². The molecule has 0 saturated heterocycles. The highest BCUT2D eigenvalue weighted by molar-refractivity contribution is 5.97. The quantitative estimate of drug-likeness (QED) is 0.847. The summed E-state index contributed by atoms with van der Waals surface area (Å²) in [7, 11) is 0. The van der Waals surface area contributed by atoms with Crippen molar-refractivity contribution < 1.29 is 9.90 Å². The molecule has 1 aliphatic rings. The second-order valence-electron chi connectivity index (χ2n) is 5.55. The van der Waals surface area contributed by atoms with Gasteiger partial charge in [0.2, 0.25) is 0 Å². The van der Waals surface area contributed by atoms with E-state index < -0.39 is 0 Å². The highest BCUT2D eigenvalue weighted by Crippen LogP contribution is 2.27. The molecule has 1 heterocycles. The van der Waals surface area contributed by atoms with Crippen LogP contribution in [0.3, 0.4) is 0 Å². The first-order valence-electron chi connectivity index (χ1n) is 8.00. The Kier molecular flexibility index (Phi) is 5.62. The number of nitrogens with one attached hydrogen (secondary N) is 1. The van der Waals surface area contributed by atoms with E-state index in [2.05, 4.69) is 19.2 Å². The van der Waals surface area contributed by atoms with Crippen molar-refractivity contribution >= 4 is 11.6 Å². The van der Waals surface area contributed by atoms with Crippen molar-refractivity contribution in [2.75, 3.05) is 25.0 Å². The zero-order chi connectivity index (χ0) is 15.2. The summed E-state index contributed by atoms with van der Waals surface area (Å²) < 4.78 is 0. The van der Waals surface area contributed by atoms with E-state index in [1.165, 1.54) is 0 Å². The van der Waals surface area contributed by atoms with Crippen molar-refractivity contribution in [1.82, 2.24) is 4.90 Å². The van der Waals surface area contributed by atoms with Crippen molar-refractivity contribution in [3.05, 3.63) is 29.3 Å². The SMILES string of the molecule is CCC(CC)N(CCO)C(=O)c1cccc2c1CCCN2. The molecule has 116 valence electrons. The number of hydrogen-bond donors (Lipinski definition) is 2. The summed E-state index contributed by atoms with van der Waals surface area (Å²) in [5, 5.41) is 12.7. The van der Waals surface area contributed by atoms with E-state index in [4.69, 9.17) is 0 Å². The summed E-state index contributed by atoms with van der Waals surface area (Å²) in [5.74, 6) is 0.0540. The molecule has 1 aromatic carbocycles. The van der Waals surface area contributed by atoms with Crippen molar-refractivity contribution in [1.29, 1.82) is 0 Å². The number of rotatable bonds is 6. The molecule has 0 saturated carbocycles. The van der Waals surface area contributed by atoms with Gasteiger partial charge in [-0.25, -0.2) is 0 Å². The number of aliphatic hydroxyl groups excluding tert-OH is 1. The van der Waals surface area contributed by atoms with Crippen LogP contribution in [0.15, 0.2) is 18.2 Å². The maximum Gasteiger partial charge on any atom is 0.254 e. The van der Waals surface area contributed by atoms with Gasteiger partial charge in [0.05, 0.1) is 6.61 Å². The average Bonchev–Trinajstić information content (AvgIpc) is 2.54. The van der Waals surface area contributed by atoms with Crippen molar-refractivity contribution in [2.45, 2.75) is 45.6 Å². The normalized spacial score (nSPS) is 13.7. The van der Waals surface area contributed by atoms with E-state index in [1.54, 1.807) is 0 Å². The summed E-state index contributed by atoms with van der Waals surface area (Å²) in [4.78, 5) is 14.8. The molecule has 4 nitrogen and oxygen atoms in total. The molecule has 21 heavy (non-hydrogen) atoms. The molecule has 0 unspecified atom stereocenters. The Bertz CT molecular complexity index is 484. The lowest BCUT2D eigenvalue weighted by Gasteiger charge is -2.31. The highest BCUT2D eigenvalue weighted by atomic mass is 16.3. The maximum absolute atomic E-state index is 13.0. The number of anilines is 1. The first kappa shape index (κ1) is 15.8. The van der Waals surface area contributed by atoms with Crippen LogP contribution in [0, 0.1) is 0 Å². The number of carbonyl (C=O) groups is 1. The van der Waals surface area contributed by atoms with E-state index in [-0.39, 0.29) is 18.6 Å². The van der Waals surface area contributed by atoms with Gasteiger partial charge in [0, 0.05) is 30.4 Å². The molecule has 4 heteroatoms. The topological polar surface area (TPSA) is 52.6 Å². The Morgan fingerprint density at radius 2 is 2.14 bits per heavy atom. The van der Waals surface area contributed by atoms with E-state index >= 15 is 0 Å². The van der Waals surface area contributed by atoms with Gasteiger partial charge in [-0.1, -0.05) is 19.9 Å². The van der Waals surface area contributed by atoms with Gasteiger partial charge in [-0.3, -0.25) is 4.79 Å². The van der Waals surface area contributed by atoms with Gasteiger partial charge >= 0.3 is 0 Å². The molecule has 0 spiro atoms. The lowest BCUT2D eigenvalue weighted by molar-refractivity contribution is 0.0621. The lowest BCUT2D eigenvalue weighted by Crippen LogP contribution is -2.42. The molecule has 2 N–H and O–H groups in total. The number of amides is 1. The molecule has 0 radical (unpaired) electrons. The molecule has 1 aromatic rings. The van der Waals surface area contributed by atoms with E-state index in [1.807, 2.05) is 23.1 Å². The van der Waals surface area contributed by atoms with E-state index in [0.717, 1.165) is 49.0 Å². The Morgan fingerprint density at radius 1 is 1.38 bits per heavy atom. The van der Waals surface area contributed by atoms with Crippen LogP contribution in [0.1, 0.15) is 49.0 Å². The van der Waals surface area contributed by atoms with Crippen molar-refractivity contribution in [2.24, 2.45) is 0 Å². The number of carbonyl (C=O) groups excluding carboxylic acids is 1. The van der Waals surface area contributed by atoms with Gasteiger partial charge in [-0.05, 0) is 43.4 Å². The van der Waals surface area contributed by atoms with Gasteiger partial charge in [0.15, 0.2) is 0 Å². The monoisotopic (exact) mass is 290 g/mol. The average molecular weight is 290 g/mol. The smallest absolute Gasteiger partial charge is 0.254 e. The van der Waals surface area contributed by atoms with E-state index in [9.17, 15) is 9.90 Å². The largest absolute Gasteiger partial charge is 0.395 e. The number of benzene rings is 1. The van der Waals surface area contributed by atoms with Crippen LogP contribution in [0.2, 0.25) is 0 Å². The number of nitrogens with zero attached hydrogens (tertiary/aromatic N) is 1. The summed E-state index contributed by atoms with van der Waals surface area (Å²) in [6.45, 7) is 5.57. The van der Waals surface area contributed by atoms with Crippen LogP contribution in [-0.2, 0) is 6.42 Å². The van der Waals surface area contributed by atoms with Crippen LogP contribution in [0.25, 0.3) is 0 Å². The standard InChI is InChI=1S/C17H26N2O2/c1-3-13(4-2)19(11-12-20)17(21)15-7-5-9-16-14(15)8-6-10-18-16/h5,7,9,13,18,20H,3-4,6,8,10-12H2,1-2H3. The van der Waals surface area contributed by atoms with Crippen LogP contribution < -0.4 is 5.32 Å². The third-order valence-corrected chi connectivity index (χ3v) is 4.31. The lowest BCUT2D eigenvalue weighted by atomic mass is 9.96. The minimum Gasteiger partial charge on any atom is -0.395 e. The van der Waals surface area contributed by atoms with Gasteiger partial charge in [0.1, 0.15) is 0 Å². The molecular weight excluding hydrogens is 264 g/mol. The van der Waals surface area contributed by atoms with Crippen LogP contribution in [0.5, 0.6) is 0 Å². The molecular formula is C17H26N2O2. The molecule has 0 aliphatic carbocycles. The Balaban J connectivity index is 2.32. The summed E-state index contributed by atoms with van der Waals surface area (Å²) in [6.07, 6.45) is 3.83. The molecule has 0 atom stereocenters. The fourth-order valence-electron chi connectivity index (χ4n) is 3.15. The van der Waals surface area contributed by atoms with Crippen molar-refractivity contribution in [3.8, 4) is 0 Å². The fraction of sp³-hybridized carbons (Fsp3) is 0.588. The predicted octanol–water partition coefficient (Wildman–Crippen LogP) is 2.67. The fourth-order valence-corrected chi connectivity index (χ4v) is 3.15. The highest BCUT2D eigenvalue weighted by Gasteiger charge is 2.25. The number of fused-ring (bicyclic) bond motifs is 1. The first-order chi connectivity index (χ1) is 10.2. The van der Waals surface area contributed by atoms with Crippen LogP contribution >= 0.6 is 0 Å². The predicted molar refractivity (Wildman–Crippen MR) is 85.7 cm³/mol. The van der Waals surface area contributed by atoms with Crippen LogP contribution in [0.4, 0.5) is 5.69 Å². The first-order valence-corrected chi connectivity index (χ1v) is 8.00. The minimum atomic E-state index is 0.00944. The Labute approximate surface area is 127 Å². The zero-order valence-electron chi connectivity index (χ0n) is 13.1. The second-order valence-corrected chi connectivity index (χ2v) is 5.55. The van der Waals surface area contributed by atoms with Gasteiger partial charge < -0.3 is 15.3 Å². The molecule has 0 aromatic heterocycles. The Hall–Kier alpha value is -1.55. The summed E-state index contributed by atoms with van der Waals surface area (Å²) in [6, 6.07) is 6.09. The zero-order valence-corrected chi connectivity index (χ0v) is 13.1. The van der Waals surface area contributed by atoms with Gasteiger partial charge in [0.25, 0.3) is 5.91 Å². The molecule has 1 aliphatic heterocycles. The number of hydrogen-bond acceptors (Lipinski definition) is 3. The number of aliphatic hydroxyl groups is 1. The minimum absolute atomic E-state index is 0.00944. The summed E-state index contributed by atoms with van der Waals surface area (Å²) in [5.41, 5.74) is 3.00. The molecule has 0 bridgehead atoms. The maximum atomic E-state index is 13.0. The molecule has 1 amide bonds. The third kappa shape index (κ3) is 3.38. The summed E-state index contributed by atoms with van der Waals surface area (Å²) >= 11 is 0. The van der Waals surface area contributed by atoms with Gasteiger partial charge in [-0.2, -0.15) is 0 Å². The van der Waals surface area contributed by atoms with Crippen LogP contribution in [-0.4, -0.2) is 41.7 Å². The molecule has 2 rings (SSSR count).